The highest BCUT2D eigenvalue weighted by Crippen LogP contribution is 2.23. The second kappa shape index (κ2) is 3.82. The minimum atomic E-state index is -0.481. The number of hydrogen-bond acceptors (Lipinski definition) is 3. The van der Waals surface area contributed by atoms with E-state index in [0.717, 1.165) is 11.3 Å². The fourth-order valence-electron chi connectivity index (χ4n) is 1.65. The first-order chi connectivity index (χ1) is 7.20. The number of carbonyl (C=O) groups excluding carboxylic acids is 2. The first-order valence-electron chi connectivity index (χ1n) is 4.77. The lowest BCUT2D eigenvalue weighted by Crippen LogP contribution is -2.19. The maximum Gasteiger partial charge on any atom is 0.224 e. The maximum atomic E-state index is 11.2. The van der Waals surface area contributed by atoms with E-state index in [-0.39, 0.29) is 11.7 Å². The van der Waals surface area contributed by atoms with E-state index in [0.29, 0.717) is 18.4 Å². The predicted molar refractivity (Wildman–Crippen MR) is 54.8 cm³/mol. The molecule has 2 rings (SSSR count). The standard InChI is InChI=1S/C11H11NO3/c13-6-10(14)8-1-3-9-7(5-8)2-4-11(15)12-9/h1,3,5,13H,2,4,6H2,(H,12,15). The van der Waals surface area contributed by atoms with Gasteiger partial charge in [-0.1, -0.05) is 0 Å². The lowest BCUT2D eigenvalue weighted by atomic mass is 9.99. The van der Waals surface area contributed by atoms with Gasteiger partial charge in [0.2, 0.25) is 5.91 Å². The van der Waals surface area contributed by atoms with Gasteiger partial charge in [0.25, 0.3) is 0 Å². The third kappa shape index (κ3) is 1.89. The van der Waals surface area contributed by atoms with Crippen molar-refractivity contribution in [3.8, 4) is 0 Å². The van der Waals surface area contributed by atoms with Crippen LogP contribution < -0.4 is 5.32 Å². The fourth-order valence-corrected chi connectivity index (χ4v) is 1.65. The topological polar surface area (TPSA) is 66.4 Å². The fraction of sp³-hybridized carbons (Fsp3) is 0.273. The molecule has 0 saturated carbocycles. The molecule has 0 radical (unpaired) electrons. The zero-order chi connectivity index (χ0) is 10.8. The van der Waals surface area contributed by atoms with Gasteiger partial charge < -0.3 is 10.4 Å². The zero-order valence-corrected chi connectivity index (χ0v) is 8.12. The molecular weight excluding hydrogens is 194 g/mol. The van der Waals surface area contributed by atoms with Crippen LogP contribution in [0.1, 0.15) is 22.3 Å². The van der Waals surface area contributed by atoms with E-state index in [9.17, 15) is 9.59 Å². The Morgan fingerprint density at radius 1 is 1.40 bits per heavy atom. The van der Waals surface area contributed by atoms with Crippen LogP contribution in [0.25, 0.3) is 0 Å². The number of aliphatic hydroxyl groups excluding tert-OH is 1. The van der Waals surface area contributed by atoms with E-state index in [1.165, 1.54) is 0 Å². The maximum absolute atomic E-state index is 11.2. The monoisotopic (exact) mass is 205 g/mol. The van der Waals surface area contributed by atoms with Crippen LogP contribution in [0.5, 0.6) is 0 Å². The molecule has 1 aromatic carbocycles. The van der Waals surface area contributed by atoms with Gasteiger partial charge in [-0.05, 0) is 30.2 Å². The Hall–Kier alpha value is -1.68. The van der Waals surface area contributed by atoms with Crippen molar-refractivity contribution < 1.29 is 14.7 Å². The molecule has 0 fully saturated rings. The Kier molecular flexibility index (Phi) is 2.51. The van der Waals surface area contributed by atoms with E-state index in [1.54, 1.807) is 18.2 Å². The zero-order valence-electron chi connectivity index (χ0n) is 8.12. The third-order valence-electron chi connectivity index (χ3n) is 2.47. The van der Waals surface area contributed by atoms with Crippen LogP contribution >= 0.6 is 0 Å². The Morgan fingerprint density at radius 2 is 2.20 bits per heavy atom. The molecule has 0 atom stereocenters. The van der Waals surface area contributed by atoms with Crippen LogP contribution in [0.3, 0.4) is 0 Å². The first kappa shape index (κ1) is 9.86. The van der Waals surface area contributed by atoms with Crippen molar-refractivity contribution >= 4 is 17.4 Å². The molecule has 0 aliphatic carbocycles. The van der Waals surface area contributed by atoms with E-state index >= 15 is 0 Å². The van der Waals surface area contributed by atoms with Gasteiger partial charge in [0, 0.05) is 17.7 Å². The van der Waals surface area contributed by atoms with Crippen molar-refractivity contribution in [1.82, 2.24) is 0 Å². The van der Waals surface area contributed by atoms with Crippen LogP contribution in [0.4, 0.5) is 5.69 Å². The normalized spacial score (nSPS) is 14.3. The Bertz CT molecular complexity index is 426. The van der Waals surface area contributed by atoms with E-state index in [4.69, 9.17) is 5.11 Å². The number of fused-ring (bicyclic) bond motifs is 1. The number of anilines is 1. The molecule has 4 heteroatoms. The molecule has 1 aliphatic rings. The summed E-state index contributed by atoms with van der Waals surface area (Å²) in [5, 5.41) is 11.4. The molecule has 1 heterocycles. The van der Waals surface area contributed by atoms with Crippen molar-refractivity contribution in [2.24, 2.45) is 0 Å². The number of rotatable bonds is 2. The summed E-state index contributed by atoms with van der Waals surface area (Å²) < 4.78 is 0. The molecule has 15 heavy (non-hydrogen) atoms. The molecule has 1 amide bonds. The van der Waals surface area contributed by atoms with Crippen LogP contribution in [-0.2, 0) is 11.2 Å². The second-order valence-electron chi connectivity index (χ2n) is 3.50. The number of hydrogen-bond donors (Lipinski definition) is 2. The predicted octanol–water partition coefficient (Wildman–Crippen LogP) is 0.746. The van der Waals surface area contributed by atoms with Crippen molar-refractivity contribution in [2.45, 2.75) is 12.8 Å². The minimum absolute atomic E-state index is 0.00346. The first-order valence-corrected chi connectivity index (χ1v) is 4.77. The van der Waals surface area contributed by atoms with E-state index in [2.05, 4.69) is 5.32 Å². The second-order valence-corrected chi connectivity index (χ2v) is 3.50. The van der Waals surface area contributed by atoms with Crippen LogP contribution in [-0.4, -0.2) is 23.4 Å². The van der Waals surface area contributed by atoms with Crippen LogP contribution in [0, 0.1) is 0 Å². The number of Topliss-reactive ketones (excluding diaryl/α,β-unsaturated/α-hetero) is 1. The largest absolute Gasteiger partial charge is 0.388 e. The summed E-state index contributed by atoms with van der Waals surface area (Å²) in [6.45, 7) is -0.481. The van der Waals surface area contributed by atoms with Crippen molar-refractivity contribution in [3.63, 3.8) is 0 Å². The summed E-state index contributed by atoms with van der Waals surface area (Å²) in [5.74, 6) is -0.293. The number of aliphatic hydroxyl groups is 1. The van der Waals surface area contributed by atoms with E-state index < -0.39 is 6.61 Å². The van der Waals surface area contributed by atoms with Gasteiger partial charge in [-0.3, -0.25) is 9.59 Å². The highest BCUT2D eigenvalue weighted by atomic mass is 16.3. The van der Waals surface area contributed by atoms with Gasteiger partial charge in [-0.15, -0.1) is 0 Å². The molecular formula is C11H11NO3. The molecule has 1 aliphatic heterocycles. The summed E-state index contributed by atoms with van der Waals surface area (Å²) in [5.41, 5.74) is 2.21. The average molecular weight is 205 g/mol. The molecule has 1 aromatic rings. The number of amides is 1. The summed E-state index contributed by atoms with van der Waals surface area (Å²) in [7, 11) is 0. The SMILES string of the molecule is O=C1CCc2cc(C(=O)CO)ccc2N1. The van der Waals surface area contributed by atoms with Gasteiger partial charge in [-0.2, -0.15) is 0 Å². The number of nitrogens with one attached hydrogen (secondary N) is 1. The van der Waals surface area contributed by atoms with Gasteiger partial charge in [0.1, 0.15) is 6.61 Å². The lowest BCUT2D eigenvalue weighted by molar-refractivity contribution is -0.116. The average Bonchev–Trinajstić information content (AvgIpc) is 2.27. The molecule has 0 aromatic heterocycles. The highest BCUT2D eigenvalue weighted by molar-refractivity contribution is 5.99. The summed E-state index contributed by atoms with van der Waals surface area (Å²) >= 11 is 0. The summed E-state index contributed by atoms with van der Waals surface area (Å²) in [6, 6.07) is 5.05. The van der Waals surface area contributed by atoms with Crippen LogP contribution in [0.2, 0.25) is 0 Å². The number of aryl methyl sites for hydroxylation is 1. The molecule has 0 bridgehead atoms. The van der Waals surface area contributed by atoms with Crippen LogP contribution in [0.15, 0.2) is 18.2 Å². The minimum Gasteiger partial charge on any atom is -0.388 e. The van der Waals surface area contributed by atoms with Gasteiger partial charge in [0.05, 0.1) is 0 Å². The molecule has 2 N–H and O–H groups in total. The summed E-state index contributed by atoms with van der Waals surface area (Å²) in [6.07, 6.45) is 1.09. The molecule has 0 saturated heterocycles. The van der Waals surface area contributed by atoms with Crippen molar-refractivity contribution in [3.05, 3.63) is 29.3 Å². The van der Waals surface area contributed by atoms with Crippen molar-refractivity contribution in [2.75, 3.05) is 11.9 Å². The van der Waals surface area contributed by atoms with Crippen molar-refractivity contribution in [1.29, 1.82) is 0 Å². The summed E-state index contributed by atoms with van der Waals surface area (Å²) in [4.78, 5) is 22.3. The Balaban J connectivity index is 2.34. The third-order valence-corrected chi connectivity index (χ3v) is 2.47. The highest BCUT2D eigenvalue weighted by Gasteiger charge is 2.16. The molecule has 0 unspecified atom stereocenters. The van der Waals surface area contributed by atoms with Gasteiger partial charge in [0.15, 0.2) is 5.78 Å². The lowest BCUT2D eigenvalue weighted by Gasteiger charge is -2.17. The van der Waals surface area contributed by atoms with E-state index in [1.807, 2.05) is 0 Å². The Morgan fingerprint density at radius 3 is 2.93 bits per heavy atom. The Labute approximate surface area is 86.9 Å². The number of carbonyl (C=O) groups is 2. The van der Waals surface area contributed by atoms with Gasteiger partial charge in [-0.25, -0.2) is 0 Å². The molecule has 78 valence electrons. The smallest absolute Gasteiger partial charge is 0.224 e. The van der Waals surface area contributed by atoms with Gasteiger partial charge >= 0.3 is 0 Å². The number of ketones is 1. The quantitative estimate of drug-likeness (QED) is 0.700. The molecule has 4 nitrogen and oxygen atoms in total. The number of benzene rings is 1. The molecule has 0 spiro atoms.